The molecule has 2 atom stereocenters. The van der Waals surface area contributed by atoms with Gasteiger partial charge in [-0.25, -0.2) is 0 Å². The number of para-hydroxylation sites is 3. The van der Waals surface area contributed by atoms with Crippen LogP contribution in [-0.4, -0.2) is 19.5 Å². The van der Waals surface area contributed by atoms with E-state index in [4.69, 9.17) is 9.47 Å². The van der Waals surface area contributed by atoms with E-state index in [9.17, 15) is 4.79 Å². The van der Waals surface area contributed by atoms with Crippen LogP contribution in [0.25, 0.3) is 0 Å². The normalized spacial score (nSPS) is 19.3. The van der Waals surface area contributed by atoms with Crippen LogP contribution in [0.3, 0.4) is 0 Å². The molecule has 0 radical (unpaired) electrons. The summed E-state index contributed by atoms with van der Waals surface area (Å²) in [7, 11) is 1.67. The van der Waals surface area contributed by atoms with E-state index < -0.39 is 0 Å². The molecule has 1 aliphatic heterocycles. The Morgan fingerprint density at radius 1 is 0.912 bits per heavy atom. The van der Waals surface area contributed by atoms with E-state index in [1.54, 1.807) is 7.11 Å². The molecule has 5 rings (SSSR count). The number of fused-ring (bicyclic) bond motifs is 1. The van der Waals surface area contributed by atoms with Crippen LogP contribution in [-0.2, 0) is 4.79 Å². The third-order valence-corrected chi connectivity index (χ3v) is 6.59. The Labute approximate surface area is 200 Å². The molecule has 34 heavy (non-hydrogen) atoms. The zero-order valence-electron chi connectivity index (χ0n) is 19.6. The van der Waals surface area contributed by atoms with Crippen molar-refractivity contribution in [2.75, 3.05) is 24.4 Å². The first kappa shape index (κ1) is 22.1. The summed E-state index contributed by atoms with van der Waals surface area (Å²) in [5.74, 6) is 1.91. The molecule has 0 fully saturated rings. The fourth-order valence-corrected chi connectivity index (χ4v) is 4.90. The van der Waals surface area contributed by atoms with Gasteiger partial charge in [0.15, 0.2) is 5.78 Å². The minimum absolute atomic E-state index is 0.113. The van der Waals surface area contributed by atoms with Crippen LogP contribution in [0.4, 0.5) is 11.4 Å². The third kappa shape index (κ3) is 4.26. The van der Waals surface area contributed by atoms with Crippen molar-refractivity contribution in [3.63, 3.8) is 0 Å². The zero-order chi connectivity index (χ0) is 23.5. The fraction of sp³-hybridized carbons (Fsp3) is 0.276. The van der Waals surface area contributed by atoms with E-state index in [2.05, 4.69) is 47.9 Å². The molecule has 174 valence electrons. The molecule has 0 bridgehead atoms. The Hall–Kier alpha value is -3.73. The summed E-state index contributed by atoms with van der Waals surface area (Å²) >= 11 is 0. The number of ketones is 1. The number of allylic oxidation sites excluding steroid dienone is 1. The van der Waals surface area contributed by atoms with Gasteiger partial charge in [0.05, 0.1) is 31.1 Å². The van der Waals surface area contributed by atoms with Gasteiger partial charge in [-0.05, 0) is 54.7 Å². The first-order chi connectivity index (χ1) is 16.7. The number of nitrogens with one attached hydrogen (secondary N) is 2. The van der Waals surface area contributed by atoms with Gasteiger partial charge in [0, 0.05) is 23.3 Å². The number of hydrogen-bond donors (Lipinski definition) is 2. The van der Waals surface area contributed by atoms with Crippen molar-refractivity contribution in [2.24, 2.45) is 0 Å². The van der Waals surface area contributed by atoms with E-state index in [1.165, 1.54) is 0 Å². The number of carbonyl (C=O) groups excluding carboxylic acids is 1. The van der Waals surface area contributed by atoms with Crippen LogP contribution in [0.2, 0.25) is 0 Å². The van der Waals surface area contributed by atoms with Gasteiger partial charge in [-0.15, -0.1) is 0 Å². The SMILES string of the molecule is CCCOc1ccccc1[C@H]1Nc2ccccc2NC2=C1C(=O)C[C@H](c1ccc(OC)cc1)C2. The molecule has 5 nitrogen and oxygen atoms in total. The topological polar surface area (TPSA) is 59.6 Å². The van der Waals surface area contributed by atoms with Crippen LogP contribution in [0.15, 0.2) is 84.1 Å². The molecule has 5 heteroatoms. The average molecular weight is 455 g/mol. The maximum atomic E-state index is 13.7. The minimum Gasteiger partial charge on any atom is -0.497 e. The summed E-state index contributed by atoms with van der Waals surface area (Å²) in [5.41, 5.74) is 5.86. The fourth-order valence-electron chi connectivity index (χ4n) is 4.90. The number of carbonyl (C=O) groups is 1. The predicted molar refractivity (Wildman–Crippen MR) is 136 cm³/mol. The second-order valence-electron chi connectivity index (χ2n) is 8.83. The maximum Gasteiger partial charge on any atom is 0.163 e. The van der Waals surface area contributed by atoms with E-state index in [1.807, 2.05) is 42.5 Å². The molecule has 0 saturated carbocycles. The highest BCUT2D eigenvalue weighted by molar-refractivity contribution is 6.01. The first-order valence-corrected chi connectivity index (χ1v) is 11.9. The molecule has 0 spiro atoms. The molecule has 1 aliphatic carbocycles. The molecule has 2 N–H and O–H groups in total. The van der Waals surface area contributed by atoms with Crippen molar-refractivity contribution >= 4 is 17.2 Å². The van der Waals surface area contributed by atoms with Gasteiger partial charge in [0.25, 0.3) is 0 Å². The van der Waals surface area contributed by atoms with Gasteiger partial charge < -0.3 is 20.1 Å². The summed E-state index contributed by atoms with van der Waals surface area (Å²) < 4.78 is 11.4. The average Bonchev–Trinajstić information content (AvgIpc) is 3.04. The van der Waals surface area contributed by atoms with Gasteiger partial charge in [-0.3, -0.25) is 4.79 Å². The molecular weight excluding hydrogens is 424 g/mol. The summed E-state index contributed by atoms with van der Waals surface area (Å²) in [5, 5.41) is 7.26. The van der Waals surface area contributed by atoms with E-state index in [-0.39, 0.29) is 17.7 Å². The molecule has 0 aromatic heterocycles. The lowest BCUT2D eigenvalue weighted by molar-refractivity contribution is -0.116. The van der Waals surface area contributed by atoms with Gasteiger partial charge in [-0.2, -0.15) is 0 Å². The number of hydrogen-bond acceptors (Lipinski definition) is 5. The Morgan fingerprint density at radius 2 is 1.65 bits per heavy atom. The lowest BCUT2D eigenvalue weighted by atomic mass is 9.78. The van der Waals surface area contributed by atoms with Crippen LogP contribution in [0.5, 0.6) is 11.5 Å². The zero-order valence-corrected chi connectivity index (χ0v) is 19.6. The molecular formula is C29H30N2O3. The van der Waals surface area contributed by atoms with Crippen molar-refractivity contribution in [3.05, 3.63) is 95.2 Å². The van der Waals surface area contributed by atoms with E-state index >= 15 is 0 Å². The number of benzene rings is 3. The van der Waals surface area contributed by atoms with E-state index in [0.29, 0.717) is 13.0 Å². The minimum atomic E-state index is -0.288. The summed E-state index contributed by atoms with van der Waals surface area (Å²) in [6.45, 7) is 2.73. The van der Waals surface area contributed by atoms with Gasteiger partial charge in [-0.1, -0.05) is 49.4 Å². The molecule has 3 aromatic carbocycles. The van der Waals surface area contributed by atoms with E-state index in [0.717, 1.165) is 58.1 Å². The summed E-state index contributed by atoms with van der Waals surface area (Å²) in [6, 6.07) is 23.9. The van der Waals surface area contributed by atoms with Crippen LogP contribution >= 0.6 is 0 Å². The van der Waals surface area contributed by atoms with Crippen molar-refractivity contribution < 1.29 is 14.3 Å². The summed E-state index contributed by atoms with van der Waals surface area (Å²) in [6.07, 6.45) is 2.16. The number of ether oxygens (including phenoxy) is 2. The lowest BCUT2D eigenvalue weighted by Gasteiger charge is -2.30. The highest BCUT2D eigenvalue weighted by atomic mass is 16.5. The van der Waals surface area contributed by atoms with Crippen LogP contribution in [0, 0.1) is 0 Å². The lowest BCUT2D eigenvalue weighted by Crippen LogP contribution is -2.27. The van der Waals surface area contributed by atoms with Crippen molar-refractivity contribution in [1.29, 1.82) is 0 Å². The third-order valence-electron chi connectivity index (χ3n) is 6.59. The second kappa shape index (κ2) is 9.64. The number of Topliss-reactive ketones (excluding diaryl/α,β-unsaturated/α-hetero) is 1. The smallest absolute Gasteiger partial charge is 0.163 e. The van der Waals surface area contributed by atoms with Crippen molar-refractivity contribution in [3.8, 4) is 11.5 Å². The molecule has 2 aliphatic rings. The first-order valence-electron chi connectivity index (χ1n) is 11.9. The predicted octanol–water partition coefficient (Wildman–Crippen LogP) is 6.46. The Morgan fingerprint density at radius 3 is 2.41 bits per heavy atom. The molecule has 3 aromatic rings. The second-order valence-corrected chi connectivity index (χ2v) is 8.83. The van der Waals surface area contributed by atoms with Gasteiger partial charge >= 0.3 is 0 Å². The number of anilines is 2. The number of methoxy groups -OCH3 is 1. The summed E-state index contributed by atoms with van der Waals surface area (Å²) in [4.78, 5) is 13.7. The Kier molecular flexibility index (Phi) is 6.26. The van der Waals surface area contributed by atoms with Crippen molar-refractivity contribution in [1.82, 2.24) is 0 Å². The van der Waals surface area contributed by atoms with Gasteiger partial charge in [0.1, 0.15) is 11.5 Å². The van der Waals surface area contributed by atoms with Crippen LogP contribution in [0.1, 0.15) is 49.3 Å². The molecule has 0 saturated heterocycles. The van der Waals surface area contributed by atoms with Gasteiger partial charge in [0.2, 0.25) is 0 Å². The quantitative estimate of drug-likeness (QED) is 0.447. The Balaban J connectivity index is 1.58. The maximum absolute atomic E-state index is 13.7. The highest BCUT2D eigenvalue weighted by Gasteiger charge is 2.37. The monoisotopic (exact) mass is 454 g/mol. The highest BCUT2D eigenvalue weighted by Crippen LogP contribution is 2.45. The van der Waals surface area contributed by atoms with Crippen molar-refractivity contribution in [2.45, 2.75) is 38.1 Å². The van der Waals surface area contributed by atoms with Crippen LogP contribution < -0.4 is 20.1 Å². The standard InChI is InChI=1S/C29H30N2O3/c1-3-16-34-27-11-7-4-8-22(27)29-28-25(30-23-9-5-6-10-24(23)31-29)17-20(18-26(28)32)19-12-14-21(33-2)15-13-19/h4-15,20,29-31H,3,16-18H2,1-2H3/t20-,29-/m1/s1. The largest absolute Gasteiger partial charge is 0.497 e. The molecule has 0 amide bonds. The molecule has 1 heterocycles. The Bertz CT molecular complexity index is 1220. The number of rotatable bonds is 6. The molecule has 0 unspecified atom stereocenters.